The van der Waals surface area contributed by atoms with Crippen molar-refractivity contribution < 1.29 is 8.42 Å². The van der Waals surface area contributed by atoms with Crippen LogP contribution in [0.15, 0.2) is 58.3 Å². The molecule has 2 aliphatic heterocycles. The topological polar surface area (TPSA) is 40.6 Å². The van der Waals surface area contributed by atoms with Crippen LogP contribution >= 0.6 is 0 Å². The first-order valence-corrected chi connectivity index (χ1v) is 10.1. The number of hydrogen-bond donors (Lipinski definition) is 0. The van der Waals surface area contributed by atoms with Gasteiger partial charge in [0.05, 0.1) is 21.2 Å². The molecule has 0 amide bonds. The van der Waals surface area contributed by atoms with E-state index in [1.54, 1.807) is 24.3 Å². The molecule has 0 radical (unpaired) electrons. The molecule has 2 heterocycles. The van der Waals surface area contributed by atoms with E-state index in [1.165, 1.54) is 19.3 Å². The molecule has 126 valence electrons. The first-order valence-electron chi connectivity index (χ1n) is 8.61. The number of para-hydroxylation sites is 2. The van der Waals surface area contributed by atoms with E-state index in [9.17, 15) is 8.42 Å². The number of likely N-dealkylation sites (tertiary alicyclic amines) is 1. The molecule has 2 aliphatic rings. The molecule has 0 spiro atoms. The Kier molecular flexibility index (Phi) is 4.06. The average molecular weight is 342 g/mol. The molecule has 0 bridgehead atoms. The molecule has 0 aromatic heterocycles. The third-order valence-corrected chi connectivity index (χ3v) is 6.83. The van der Waals surface area contributed by atoms with Gasteiger partial charge in [-0.2, -0.15) is 0 Å². The largest absolute Gasteiger partial charge is 0.338 e. The summed E-state index contributed by atoms with van der Waals surface area (Å²) in [5.74, 6) is 0. The molecular formula is C19H22N2O2S. The molecule has 5 heteroatoms. The number of rotatable bonds is 3. The van der Waals surface area contributed by atoms with Crippen molar-refractivity contribution in [1.82, 2.24) is 4.90 Å². The zero-order valence-electron chi connectivity index (χ0n) is 13.7. The highest BCUT2D eigenvalue weighted by molar-refractivity contribution is 7.92. The lowest BCUT2D eigenvalue weighted by Crippen LogP contribution is -2.37. The van der Waals surface area contributed by atoms with Crippen LogP contribution in [0.25, 0.3) is 0 Å². The third-order valence-electron chi connectivity index (χ3n) is 4.98. The quantitative estimate of drug-likeness (QED) is 0.856. The molecule has 0 saturated carbocycles. The van der Waals surface area contributed by atoms with Crippen LogP contribution in [0.1, 0.15) is 19.3 Å². The van der Waals surface area contributed by atoms with Crippen LogP contribution in [0, 0.1) is 0 Å². The first-order chi connectivity index (χ1) is 11.7. The van der Waals surface area contributed by atoms with E-state index in [0.29, 0.717) is 9.79 Å². The zero-order chi connectivity index (χ0) is 16.6. The summed E-state index contributed by atoms with van der Waals surface area (Å²) in [5.41, 5.74) is 1.60. The molecule has 0 unspecified atom stereocenters. The molecule has 4 rings (SSSR count). The lowest BCUT2D eigenvalue weighted by molar-refractivity contribution is 0.234. The summed E-state index contributed by atoms with van der Waals surface area (Å²) in [6.45, 7) is 4.07. The summed E-state index contributed by atoms with van der Waals surface area (Å²) in [7, 11) is -3.43. The molecule has 1 saturated heterocycles. The number of anilines is 2. The molecule has 0 atom stereocenters. The lowest BCUT2D eigenvalue weighted by atomic mass is 10.1. The van der Waals surface area contributed by atoms with Crippen molar-refractivity contribution in [3.05, 3.63) is 48.5 Å². The van der Waals surface area contributed by atoms with Gasteiger partial charge in [0.25, 0.3) is 0 Å². The van der Waals surface area contributed by atoms with E-state index in [0.717, 1.165) is 37.6 Å². The van der Waals surface area contributed by atoms with Crippen molar-refractivity contribution in [3.8, 4) is 0 Å². The van der Waals surface area contributed by atoms with E-state index in [-0.39, 0.29) is 0 Å². The van der Waals surface area contributed by atoms with Gasteiger partial charge in [0.1, 0.15) is 0 Å². The fourth-order valence-electron chi connectivity index (χ4n) is 3.73. The van der Waals surface area contributed by atoms with Crippen LogP contribution in [-0.2, 0) is 9.84 Å². The van der Waals surface area contributed by atoms with Gasteiger partial charge in [0.15, 0.2) is 0 Å². The normalized spacial score (nSPS) is 19.6. The molecule has 0 aliphatic carbocycles. The number of piperidine rings is 1. The molecule has 2 aromatic rings. The molecule has 1 fully saturated rings. The summed E-state index contributed by atoms with van der Waals surface area (Å²) >= 11 is 0. The van der Waals surface area contributed by atoms with Gasteiger partial charge in [0.2, 0.25) is 9.84 Å². The first kappa shape index (κ1) is 15.7. The number of benzene rings is 2. The van der Waals surface area contributed by atoms with E-state index in [4.69, 9.17) is 0 Å². The second-order valence-corrected chi connectivity index (χ2v) is 8.38. The fraction of sp³-hybridized carbons (Fsp3) is 0.368. The van der Waals surface area contributed by atoms with Crippen LogP contribution in [0.4, 0.5) is 11.4 Å². The van der Waals surface area contributed by atoms with Crippen LogP contribution in [0.2, 0.25) is 0 Å². The molecule has 2 aromatic carbocycles. The van der Waals surface area contributed by atoms with Crippen molar-refractivity contribution >= 4 is 21.2 Å². The van der Waals surface area contributed by atoms with Gasteiger partial charge in [-0.15, -0.1) is 0 Å². The van der Waals surface area contributed by atoms with Crippen LogP contribution < -0.4 is 4.90 Å². The number of fused-ring (bicyclic) bond motifs is 2. The van der Waals surface area contributed by atoms with Crippen LogP contribution in [-0.4, -0.2) is 39.5 Å². The minimum atomic E-state index is -3.43. The number of hydrogen-bond acceptors (Lipinski definition) is 4. The van der Waals surface area contributed by atoms with E-state index in [2.05, 4.69) is 9.80 Å². The second-order valence-electron chi connectivity index (χ2n) is 6.49. The van der Waals surface area contributed by atoms with Crippen LogP contribution in [0.5, 0.6) is 0 Å². The van der Waals surface area contributed by atoms with Crippen molar-refractivity contribution in [2.24, 2.45) is 0 Å². The average Bonchev–Trinajstić information content (AvgIpc) is 2.63. The van der Waals surface area contributed by atoms with E-state index >= 15 is 0 Å². The SMILES string of the molecule is O=S1(=O)c2ccccc2N(CCN2CCCCC2)c2ccccc21. The third kappa shape index (κ3) is 2.62. The predicted molar refractivity (Wildman–Crippen MR) is 95.6 cm³/mol. The monoisotopic (exact) mass is 342 g/mol. The maximum atomic E-state index is 12.9. The van der Waals surface area contributed by atoms with Gasteiger partial charge in [-0.3, -0.25) is 0 Å². The highest BCUT2D eigenvalue weighted by Crippen LogP contribution is 2.43. The van der Waals surface area contributed by atoms with Crippen molar-refractivity contribution in [2.75, 3.05) is 31.1 Å². The van der Waals surface area contributed by atoms with Crippen molar-refractivity contribution in [2.45, 2.75) is 29.1 Å². The van der Waals surface area contributed by atoms with E-state index in [1.807, 2.05) is 24.3 Å². The zero-order valence-corrected chi connectivity index (χ0v) is 14.5. The maximum absolute atomic E-state index is 12.9. The van der Waals surface area contributed by atoms with Gasteiger partial charge in [0, 0.05) is 13.1 Å². The Bertz CT molecular complexity index is 788. The van der Waals surface area contributed by atoms with Gasteiger partial charge in [-0.25, -0.2) is 8.42 Å². The second kappa shape index (κ2) is 6.22. The maximum Gasteiger partial charge on any atom is 0.210 e. The van der Waals surface area contributed by atoms with Crippen molar-refractivity contribution in [3.63, 3.8) is 0 Å². The van der Waals surface area contributed by atoms with Crippen molar-refractivity contribution in [1.29, 1.82) is 0 Å². The number of sulfone groups is 1. The smallest absolute Gasteiger partial charge is 0.210 e. The highest BCUT2D eigenvalue weighted by atomic mass is 32.2. The fourth-order valence-corrected chi connectivity index (χ4v) is 5.39. The Balaban J connectivity index is 1.71. The molecule has 0 N–H and O–H groups in total. The summed E-state index contributed by atoms with van der Waals surface area (Å²) < 4.78 is 25.8. The molecule has 24 heavy (non-hydrogen) atoms. The Morgan fingerprint density at radius 3 is 1.88 bits per heavy atom. The van der Waals surface area contributed by atoms with E-state index < -0.39 is 9.84 Å². The summed E-state index contributed by atoms with van der Waals surface area (Å²) in [5, 5.41) is 0. The summed E-state index contributed by atoms with van der Waals surface area (Å²) in [4.78, 5) is 5.49. The minimum absolute atomic E-state index is 0.419. The Morgan fingerprint density at radius 2 is 1.29 bits per heavy atom. The highest BCUT2D eigenvalue weighted by Gasteiger charge is 2.33. The molecular weight excluding hydrogens is 320 g/mol. The summed E-state index contributed by atoms with van der Waals surface area (Å²) in [6, 6.07) is 14.7. The minimum Gasteiger partial charge on any atom is -0.338 e. The van der Waals surface area contributed by atoms with Gasteiger partial charge >= 0.3 is 0 Å². The van der Waals surface area contributed by atoms with Crippen LogP contribution in [0.3, 0.4) is 0 Å². The molecule has 4 nitrogen and oxygen atoms in total. The standard InChI is InChI=1S/C19H22N2O2S/c22-24(23)18-10-4-2-8-16(18)21(17-9-3-5-11-19(17)24)15-14-20-12-6-1-7-13-20/h2-5,8-11H,1,6-7,12-15H2. The summed E-state index contributed by atoms with van der Waals surface area (Å²) in [6.07, 6.45) is 3.85. The van der Waals surface area contributed by atoms with Gasteiger partial charge in [-0.05, 0) is 50.2 Å². The Hall–Kier alpha value is -1.85. The van der Waals surface area contributed by atoms with Gasteiger partial charge in [-0.1, -0.05) is 30.7 Å². The predicted octanol–water partition coefficient (Wildman–Crippen LogP) is 3.46. The Labute approximate surface area is 143 Å². The lowest BCUT2D eigenvalue weighted by Gasteiger charge is -2.35. The number of nitrogens with zero attached hydrogens (tertiary/aromatic N) is 2. The Morgan fingerprint density at radius 1 is 0.750 bits per heavy atom. The van der Waals surface area contributed by atoms with Gasteiger partial charge < -0.3 is 9.80 Å².